The summed E-state index contributed by atoms with van der Waals surface area (Å²) >= 11 is 7.83. The van der Waals surface area contributed by atoms with Gasteiger partial charge in [-0.25, -0.2) is 4.98 Å². The molecule has 0 saturated carbocycles. The number of halogens is 1. The molecule has 0 amide bonds. The van der Waals surface area contributed by atoms with E-state index in [4.69, 9.17) is 11.6 Å². The van der Waals surface area contributed by atoms with Crippen molar-refractivity contribution in [2.24, 2.45) is 0 Å². The first kappa shape index (κ1) is 12.3. The van der Waals surface area contributed by atoms with E-state index in [0.717, 1.165) is 16.2 Å². The number of aromatic nitrogens is 1. The summed E-state index contributed by atoms with van der Waals surface area (Å²) in [7, 11) is 0. The molecule has 2 aromatic rings. The minimum atomic E-state index is 0.148. The molecule has 2 nitrogen and oxygen atoms in total. The molecular formula is C13H12ClNOS. The molecule has 0 fully saturated rings. The highest BCUT2D eigenvalue weighted by atomic mass is 35.5. The average Bonchev–Trinajstić information content (AvgIpc) is 2.32. The molecule has 0 bridgehead atoms. The summed E-state index contributed by atoms with van der Waals surface area (Å²) in [5, 5.41) is 10.4. The van der Waals surface area contributed by atoms with Gasteiger partial charge in [-0.15, -0.1) is 11.8 Å². The lowest BCUT2D eigenvalue weighted by Crippen LogP contribution is -1.89. The molecule has 17 heavy (non-hydrogen) atoms. The summed E-state index contributed by atoms with van der Waals surface area (Å²) in [6.45, 7) is 1.88. The van der Waals surface area contributed by atoms with Crippen LogP contribution in [0.2, 0.25) is 5.02 Å². The Morgan fingerprint density at radius 2 is 2.00 bits per heavy atom. The van der Waals surface area contributed by atoms with Crippen LogP contribution in [0.25, 0.3) is 11.3 Å². The lowest BCUT2D eigenvalue weighted by molar-refractivity contribution is 0.474. The predicted octanol–water partition coefficient (Wildman–Crippen LogP) is 4.14. The quantitative estimate of drug-likeness (QED) is 0.829. The van der Waals surface area contributed by atoms with Crippen molar-refractivity contribution in [1.82, 2.24) is 4.98 Å². The Morgan fingerprint density at radius 3 is 2.65 bits per heavy atom. The Morgan fingerprint density at radius 1 is 1.24 bits per heavy atom. The van der Waals surface area contributed by atoms with E-state index in [2.05, 4.69) is 4.98 Å². The van der Waals surface area contributed by atoms with Crippen LogP contribution >= 0.6 is 23.4 Å². The summed E-state index contributed by atoms with van der Waals surface area (Å²) < 4.78 is 0. The molecule has 1 aromatic carbocycles. The smallest absolute Gasteiger partial charge is 0.141 e. The van der Waals surface area contributed by atoms with E-state index >= 15 is 0 Å². The normalized spacial score (nSPS) is 10.5. The molecule has 1 N–H and O–H groups in total. The zero-order valence-corrected chi connectivity index (χ0v) is 11.1. The Bertz CT molecular complexity index is 557. The highest BCUT2D eigenvalue weighted by Gasteiger charge is 2.10. The SMILES string of the molecule is CSc1ccc(-c2nc(C)ccc2O)c(Cl)c1. The molecule has 0 aliphatic rings. The van der Waals surface area contributed by atoms with E-state index in [-0.39, 0.29) is 5.75 Å². The number of aryl methyl sites for hydroxylation is 1. The Hall–Kier alpha value is -1.19. The first-order valence-electron chi connectivity index (χ1n) is 5.12. The maximum absolute atomic E-state index is 9.81. The number of nitrogens with zero attached hydrogens (tertiary/aromatic N) is 1. The molecule has 0 aliphatic carbocycles. The van der Waals surface area contributed by atoms with Crippen molar-refractivity contribution in [2.75, 3.05) is 6.26 Å². The topological polar surface area (TPSA) is 33.1 Å². The number of hydrogen-bond acceptors (Lipinski definition) is 3. The molecule has 2 rings (SSSR count). The third-order valence-electron chi connectivity index (χ3n) is 2.44. The van der Waals surface area contributed by atoms with Gasteiger partial charge in [-0.1, -0.05) is 17.7 Å². The minimum absolute atomic E-state index is 0.148. The van der Waals surface area contributed by atoms with Crippen LogP contribution in [-0.4, -0.2) is 16.3 Å². The summed E-state index contributed by atoms with van der Waals surface area (Å²) in [6, 6.07) is 9.13. The molecule has 4 heteroatoms. The fraction of sp³-hybridized carbons (Fsp3) is 0.154. The number of thioether (sulfide) groups is 1. The van der Waals surface area contributed by atoms with Crippen molar-refractivity contribution in [1.29, 1.82) is 0 Å². The Labute approximate surface area is 110 Å². The van der Waals surface area contributed by atoms with Gasteiger partial charge < -0.3 is 5.11 Å². The molecule has 1 heterocycles. The van der Waals surface area contributed by atoms with Crippen molar-refractivity contribution in [3.8, 4) is 17.0 Å². The van der Waals surface area contributed by atoms with Crippen LogP contribution in [0.1, 0.15) is 5.69 Å². The van der Waals surface area contributed by atoms with Crippen LogP contribution in [0, 0.1) is 6.92 Å². The molecule has 0 atom stereocenters. The third kappa shape index (κ3) is 2.56. The van der Waals surface area contributed by atoms with Gasteiger partial charge in [-0.05, 0) is 37.4 Å². The van der Waals surface area contributed by atoms with Gasteiger partial charge in [0.25, 0.3) is 0 Å². The van der Waals surface area contributed by atoms with Gasteiger partial charge in [0, 0.05) is 16.2 Å². The van der Waals surface area contributed by atoms with Gasteiger partial charge in [-0.3, -0.25) is 0 Å². The van der Waals surface area contributed by atoms with Crippen LogP contribution in [-0.2, 0) is 0 Å². The second-order valence-electron chi connectivity index (χ2n) is 3.67. The molecule has 0 radical (unpaired) electrons. The Kier molecular flexibility index (Phi) is 3.60. The van der Waals surface area contributed by atoms with Gasteiger partial charge >= 0.3 is 0 Å². The van der Waals surface area contributed by atoms with Gasteiger partial charge in [0.15, 0.2) is 0 Å². The molecule has 88 valence electrons. The van der Waals surface area contributed by atoms with Crippen LogP contribution in [0.5, 0.6) is 5.75 Å². The first-order chi connectivity index (χ1) is 8.11. The van der Waals surface area contributed by atoms with Crippen LogP contribution in [0.15, 0.2) is 35.2 Å². The maximum atomic E-state index is 9.81. The highest BCUT2D eigenvalue weighted by molar-refractivity contribution is 7.98. The summed E-state index contributed by atoms with van der Waals surface area (Å²) in [5.74, 6) is 0.148. The highest BCUT2D eigenvalue weighted by Crippen LogP contribution is 2.34. The van der Waals surface area contributed by atoms with Crippen LogP contribution in [0.3, 0.4) is 0 Å². The zero-order chi connectivity index (χ0) is 12.4. The number of aromatic hydroxyl groups is 1. The van der Waals surface area contributed by atoms with E-state index in [1.54, 1.807) is 23.9 Å². The third-order valence-corrected chi connectivity index (χ3v) is 3.48. The Balaban J connectivity index is 2.56. The van der Waals surface area contributed by atoms with Gasteiger partial charge in [-0.2, -0.15) is 0 Å². The van der Waals surface area contributed by atoms with Gasteiger partial charge in [0.1, 0.15) is 11.4 Å². The van der Waals surface area contributed by atoms with Crippen molar-refractivity contribution in [3.05, 3.63) is 41.0 Å². The average molecular weight is 266 g/mol. The largest absolute Gasteiger partial charge is 0.506 e. The molecule has 0 spiro atoms. The number of hydrogen-bond donors (Lipinski definition) is 1. The van der Waals surface area contributed by atoms with Crippen molar-refractivity contribution in [2.45, 2.75) is 11.8 Å². The van der Waals surface area contributed by atoms with E-state index in [1.807, 2.05) is 31.4 Å². The van der Waals surface area contributed by atoms with Gasteiger partial charge in [0.05, 0.1) is 5.02 Å². The molecule has 1 aromatic heterocycles. The van der Waals surface area contributed by atoms with E-state index in [1.165, 1.54) is 0 Å². The lowest BCUT2D eigenvalue weighted by Gasteiger charge is -2.08. The second kappa shape index (κ2) is 4.98. The second-order valence-corrected chi connectivity index (χ2v) is 4.95. The van der Waals surface area contributed by atoms with Gasteiger partial charge in [0.2, 0.25) is 0 Å². The lowest BCUT2D eigenvalue weighted by atomic mass is 10.1. The monoisotopic (exact) mass is 265 g/mol. The van der Waals surface area contributed by atoms with E-state index in [0.29, 0.717) is 10.7 Å². The summed E-state index contributed by atoms with van der Waals surface area (Å²) in [6.07, 6.45) is 1.99. The fourth-order valence-corrected chi connectivity index (χ4v) is 2.34. The van der Waals surface area contributed by atoms with E-state index < -0.39 is 0 Å². The molecule has 0 saturated heterocycles. The standard InChI is InChI=1S/C13H12ClNOS/c1-8-3-6-12(16)13(15-8)10-5-4-9(17-2)7-11(10)14/h3-7,16H,1-2H3. The fourth-order valence-electron chi connectivity index (χ4n) is 1.56. The first-order valence-corrected chi connectivity index (χ1v) is 6.72. The molecule has 0 aliphatic heterocycles. The number of rotatable bonds is 2. The minimum Gasteiger partial charge on any atom is -0.506 e. The van der Waals surface area contributed by atoms with Crippen LogP contribution < -0.4 is 0 Å². The number of pyridine rings is 1. The summed E-state index contributed by atoms with van der Waals surface area (Å²) in [4.78, 5) is 5.41. The predicted molar refractivity (Wildman–Crippen MR) is 72.9 cm³/mol. The van der Waals surface area contributed by atoms with Crippen molar-refractivity contribution >= 4 is 23.4 Å². The van der Waals surface area contributed by atoms with Crippen molar-refractivity contribution < 1.29 is 5.11 Å². The summed E-state index contributed by atoms with van der Waals surface area (Å²) in [5.41, 5.74) is 2.14. The number of benzene rings is 1. The van der Waals surface area contributed by atoms with E-state index in [9.17, 15) is 5.11 Å². The molecule has 0 unspecified atom stereocenters. The zero-order valence-electron chi connectivity index (χ0n) is 9.57. The molecular weight excluding hydrogens is 254 g/mol. The van der Waals surface area contributed by atoms with Crippen molar-refractivity contribution in [3.63, 3.8) is 0 Å². The van der Waals surface area contributed by atoms with Crippen LogP contribution in [0.4, 0.5) is 0 Å². The maximum Gasteiger partial charge on any atom is 0.141 e.